The minimum atomic E-state index is 0.0398. The van der Waals surface area contributed by atoms with Crippen molar-refractivity contribution < 1.29 is 19.0 Å². The summed E-state index contributed by atoms with van der Waals surface area (Å²) in [6.45, 7) is 1.93. The third-order valence-corrected chi connectivity index (χ3v) is 5.69. The molecule has 1 aliphatic rings. The lowest BCUT2D eigenvalue weighted by atomic mass is 10.0. The molecular weight excluding hydrogens is 366 g/mol. The van der Waals surface area contributed by atoms with Crippen molar-refractivity contribution in [3.05, 3.63) is 28.8 Å². The first kappa shape index (κ1) is 19.4. The van der Waals surface area contributed by atoms with Crippen LogP contribution in [0.5, 0.6) is 17.2 Å². The quantitative estimate of drug-likeness (QED) is 0.753. The molecular formula is C19H25N3O4S. The predicted molar refractivity (Wildman–Crippen MR) is 105 cm³/mol. The molecule has 0 saturated carbocycles. The van der Waals surface area contributed by atoms with Crippen molar-refractivity contribution in [1.29, 1.82) is 0 Å². The molecule has 8 heteroatoms. The Morgan fingerprint density at radius 3 is 2.56 bits per heavy atom. The Balaban J connectivity index is 1.75. The molecule has 0 bridgehead atoms. The van der Waals surface area contributed by atoms with Gasteiger partial charge in [0.2, 0.25) is 11.7 Å². The first-order chi connectivity index (χ1) is 13.1. The fraction of sp³-hybridized carbons (Fsp3) is 0.474. The van der Waals surface area contributed by atoms with Crippen molar-refractivity contribution in [2.75, 3.05) is 52.9 Å². The predicted octanol–water partition coefficient (Wildman–Crippen LogP) is 2.23. The number of carbonyl (C=O) groups is 1. The Kier molecular flexibility index (Phi) is 6.18. The van der Waals surface area contributed by atoms with E-state index in [1.165, 1.54) is 16.9 Å². The number of hydrogen-bond donors (Lipinski definition) is 0. The van der Waals surface area contributed by atoms with Crippen LogP contribution in [-0.2, 0) is 17.6 Å². The van der Waals surface area contributed by atoms with Crippen LogP contribution in [0.1, 0.15) is 11.1 Å². The number of hydrogen-bond acceptors (Lipinski definition) is 7. The van der Waals surface area contributed by atoms with Crippen LogP contribution in [0.2, 0.25) is 0 Å². The number of likely N-dealkylation sites (N-methyl/N-ethyl adjacent to an activating group) is 1. The minimum Gasteiger partial charge on any atom is -0.493 e. The van der Waals surface area contributed by atoms with Crippen LogP contribution < -0.4 is 19.1 Å². The standard InChI is InChI=1S/C19H25N3O4S/c1-21(19-20-7-10-27-19)16(23)12-22-8-5-13-11-15(24-2)18(26-4)17(25-3)14(13)6-9-22/h7,10-11H,5-6,8-9,12H2,1-4H3. The Morgan fingerprint density at radius 2 is 1.93 bits per heavy atom. The molecule has 0 unspecified atom stereocenters. The van der Waals surface area contributed by atoms with E-state index in [4.69, 9.17) is 14.2 Å². The molecule has 7 nitrogen and oxygen atoms in total. The molecule has 3 rings (SSSR count). The number of methoxy groups -OCH3 is 3. The van der Waals surface area contributed by atoms with Crippen LogP contribution in [0.15, 0.2) is 17.6 Å². The van der Waals surface area contributed by atoms with Gasteiger partial charge in [0.15, 0.2) is 16.6 Å². The van der Waals surface area contributed by atoms with Gasteiger partial charge in [-0.05, 0) is 24.5 Å². The number of amides is 1. The molecule has 2 aromatic rings. The molecule has 2 heterocycles. The average Bonchev–Trinajstić information content (AvgIpc) is 3.15. The fourth-order valence-corrected chi connectivity index (χ4v) is 3.99. The summed E-state index contributed by atoms with van der Waals surface area (Å²) < 4.78 is 16.6. The van der Waals surface area contributed by atoms with Crippen LogP contribution in [0.4, 0.5) is 5.13 Å². The van der Waals surface area contributed by atoms with Gasteiger partial charge in [0.25, 0.3) is 0 Å². The molecule has 1 aliphatic heterocycles. The maximum absolute atomic E-state index is 12.6. The molecule has 0 saturated heterocycles. The zero-order valence-corrected chi connectivity index (χ0v) is 17.0. The van der Waals surface area contributed by atoms with Crippen molar-refractivity contribution in [3.8, 4) is 17.2 Å². The summed E-state index contributed by atoms with van der Waals surface area (Å²) in [6.07, 6.45) is 3.31. The highest BCUT2D eigenvalue weighted by molar-refractivity contribution is 7.13. The zero-order chi connectivity index (χ0) is 19.4. The summed E-state index contributed by atoms with van der Waals surface area (Å²) in [6, 6.07) is 2.02. The van der Waals surface area contributed by atoms with Gasteiger partial charge in [0, 0.05) is 37.3 Å². The smallest absolute Gasteiger partial charge is 0.242 e. The topological polar surface area (TPSA) is 64.1 Å². The maximum atomic E-state index is 12.6. The van der Waals surface area contributed by atoms with Crippen molar-refractivity contribution in [2.45, 2.75) is 12.8 Å². The SMILES string of the molecule is COc1cc2c(c(OC)c1OC)CCN(CC(=O)N(C)c1nccs1)CC2. The number of aromatic nitrogens is 1. The monoisotopic (exact) mass is 391 g/mol. The molecule has 0 aliphatic carbocycles. The second-order valence-corrected chi connectivity index (χ2v) is 7.20. The van der Waals surface area contributed by atoms with Gasteiger partial charge in [-0.15, -0.1) is 11.3 Å². The fourth-order valence-electron chi connectivity index (χ4n) is 3.37. The third kappa shape index (κ3) is 4.01. The summed E-state index contributed by atoms with van der Waals surface area (Å²) in [5.41, 5.74) is 2.30. The van der Waals surface area contributed by atoms with E-state index < -0.39 is 0 Å². The van der Waals surface area contributed by atoms with E-state index in [0.29, 0.717) is 23.2 Å². The Hall–Kier alpha value is -2.32. The molecule has 0 fully saturated rings. The number of thiazole rings is 1. The van der Waals surface area contributed by atoms with Crippen LogP contribution in [0.3, 0.4) is 0 Å². The van der Waals surface area contributed by atoms with Gasteiger partial charge in [-0.25, -0.2) is 4.98 Å². The number of benzene rings is 1. The molecule has 0 atom stereocenters. The zero-order valence-electron chi connectivity index (χ0n) is 16.2. The first-order valence-corrected chi connectivity index (χ1v) is 9.66. The summed E-state index contributed by atoms with van der Waals surface area (Å²) >= 11 is 1.46. The average molecular weight is 391 g/mol. The maximum Gasteiger partial charge on any atom is 0.242 e. The van der Waals surface area contributed by atoms with E-state index in [2.05, 4.69) is 9.88 Å². The molecule has 0 N–H and O–H groups in total. The number of nitrogens with zero attached hydrogens (tertiary/aromatic N) is 3. The second kappa shape index (κ2) is 8.58. The van der Waals surface area contributed by atoms with E-state index in [0.717, 1.165) is 37.2 Å². The van der Waals surface area contributed by atoms with Crippen molar-refractivity contribution >= 4 is 22.4 Å². The molecule has 1 aromatic heterocycles. The largest absolute Gasteiger partial charge is 0.493 e. The highest BCUT2D eigenvalue weighted by atomic mass is 32.1. The molecule has 1 amide bonds. The summed E-state index contributed by atoms with van der Waals surface area (Å²) in [5, 5.41) is 2.59. The normalized spacial score (nSPS) is 14.2. The van der Waals surface area contributed by atoms with E-state index in [-0.39, 0.29) is 5.91 Å². The highest BCUT2D eigenvalue weighted by Gasteiger charge is 2.25. The summed E-state index contributed by atoms with van der Waals surface area (Å²) in [5.74, 6) is 2.05. The van der Waals surface area contributed by atoms with Gasteiger partial charge in [0.05, 0.1) is 27.9 Å². The van der Waals surface area contributed by atoms with Crippen LogP contribution >= 0.6 is 11.3 Å². The van der Waals surface area contributed by atoms with Gasteiger partial charge < -0.3 is 14.2 Å². The third-order valence-electron chi connectivity index (χ3n) is 4.84. The highest BCUT2D eigenvalue weighted by Crippen LogP contribution is 2.43. The van der Waals surface area contributed by atoms with Gasteiger partial charge in [-0.2, -0.15) is 0 Å². The van der Waals surface area contributed by atoms with E-state index >= 15 is 0 Å². The lowest BCUT2D eigenvalue weighted by Crippen LogP contribution is -2.39. The second-order valence-electron chi connectivity index (χ2n) is 6.33. The van der Waals surface area contributed by atoms with Crippen molar-refractivity contribution in [2.24, 2.45) is 0 Å². The molecule has 146 valence electrons. The number of anilines is 1. The van der Waals surface area contributed by atoms with Gasteiger partial charge in [-0.1, -0.05) is 0 Å². The van der Waals surface area contributed by atoms with Crippen LogP contribution in [0.25, 0.3) is 0 Å². The van der Waals surface area contributed by atoms with Crippen molar-refractivity contribution in [3.63, 3.8) is 0 Å². The van der Waals surface area contributed by atoms with Gasteiger partial charge in [-0.3, -0.25) is 14.6 Å². The molecule has 27 heavy (non-hydrogen) atoms. The first-order valence-electron chi connectivity index (χ1n) is 8.78. The number of carbonyl (C=O) groups excluding carboxylic acids is 1. The van der Waals surface area contributed by atoms with E-state index in [9.17, 15) is 4.79 Å². The molecule has 0 radical (unpaired) electrons. The van der Waals surface area contributed by atoms with Crippen LogP contribution in [0, 0.1) is 0 Å². The lowest BCUT2D eigenvalue weighted by Gasteiger charge is -2.22. The Bertz CT molecular complexity index is 795. The van der Waals surface area contributed by atoms with E-state index in [1.54, 1.807) is 39.5 Å². The number of ether oxygens (including phenoxy) is 3. The summed E-state index contributed by atoms with van der Waals surface area (Å²) in [7, 11) is 6.65. The molecule has 0 spiro atoms. The van der Waals surface area contributed by atoms with Crippen LogP contribution in [-0.4, -0.2) is 63.8 Å². The van der Waals surface area contributed by atoms with Gasteiger partial charge >= 0.3 is 0 Å². The van der Waals surface area contributed by atoms with Crippen molar-refractivity contribution in [1.82, 2.24) is 9.88 Å². The number of rotatable bonds is 6. The Labute approximate surface area is 163 Å². The Morgan fingerprint density at radius 1 is 1.19 bits per heavy atom. The molecule has 1 aromatic carbocycles. The summed E-state index contributed by atoms with van der Waals surface area (Å²) in [4.78, 5) is 20.6. The van der Waals surface area contributed by atoms with Gasteiger partial charge in [0.1, 0.15) is 0 Å². The number of fused-ring (bicyclic) bond motifs is 1. The lowest BCUT2D eigenvalue weighted by molar-refractivity contribution is -0.119. The van der Waals surface area contributed by atoms with E-state index in [1.807, 2.05) is 11.4 Å². The minimum absolute atomic E-state index is 0.0398.